The molecule has 1 aromatic carbocycles. The molecule has 0 saturated carbocycles. The minimum atomic E-state index is -0.915. The standard InChI is InChI=1S/C13H14F2N2O/c1-2-6-16-8-12-17-7-11(18-12)9-4-3-5-10(14)13(9)15/h3-5,7,16H,2,6,8H2,1H3. The summed E-state index contributed by atoms with van der Waals surface area (Å²) < 4.78 is 32.0. The van der Waals surface area contributed by atoms with Crippen LogP contribution in [0.1, 0.15) is 19.2 Å². The van der Waals surface area contributed by atoms with Crippen LogP contribution in [-0.4, -0.2) is 11.5 Å². The Kier molecular flexibility index (Phi) is 4.04. The number of aromatic nitrogens is 1. The topological polar surface area (TPSA) is 38.1 Å². The molecule has 0 aliphatic heterocycles. The molecule has 2 aromatic rings. The number of hydrogen-bond acceptors (Lipinski definition) is 3. The van der Waals surface area contributed by atoms with Gasteiger partial charge in [0.1, 0.15) is 0 Å². The highest BCUT2D eigenvalue weighted by molar-refractivity contribution is 5.57. The second-order valence-electron chi connectivity index (χ2n) is 3.90. The summed E-state index contributed by atoms with van der Waals surface area (Å²) in [6.45, 7) is 3.38. The molecule has 1 N–H and O–H groups in total. The molecule has 0 aliphatic carbocycles. The first-order valence-electron chi connectivity index (χ1n) is 5.82. The van der Waals surface area contributed by atoms with Crippen molar-refractivity contribution in [1.29, 1.82) is 0 Å². The van der Waals surface area contributed by atoms with Gasteiger partial charge in [0.25, 0.3) is 0 Å². The highest BCUT2D eigenvalue weighted by Crippen LogP contribution is 2.24. The second-order valence-corrected chi connectivity index (χ2v) is 3.90. The summed E-state index contributed by atoms with van der Waals surface area (Å²) in [5.41, 5.74) is 0.0873. The monoisotopic (exact) mass is 252 g/mol. The van der Waals surface area contributed by atoms with Crippen LogP contribution < -0.4 is 5.32 Å². The van der Waals surface area contributed by atoms with Gasteiger partial charge < -0.3 is 9.73 Å². The quantitative estimate of drug-likeness (QED) is 0.831. The first-order valence-corrected chi connectivity index (χ1v) is 5.82. The van der Waals surface area contributed by atoms with Gasteiger partial charge in [-0.3, -0.25) is 0 Å². The molecule has 1 heterocycles. The van der Waals surface area contributed by atoms with Crippen LogP contribution in [0, 0.1) is 11.6 Å². The van der Waals surface area contributed by atoms with Crippen molar-refractivity contribution in [2.75, 3.05) is 6.54 Å². The summed E-state index contributed by atoms with van der Waals surface area (Å²) in [7, 11) is 0. The van der Waals surface area contributed by atoms with Crippen molar-refractivity contribution in [2.45, 2.75) is 19.9 Å². The van der Waals surface area contributed by atoms with E-state index >= 15 is 0 Å². The van der Waals surface area contributed by atoms with Gasteiger partial charge in [0.15, 0.2) is 17.4 Å². The summed E-state index contributed by atoms with van der Waals surface area (Å²) in [5.74, 6) is -1.11. The van der Waals surface area contributed by atoms with Crippen LogP contribution in [0.4, 0.5) is 8.78 Å². The maximum Gasteiger partial charge on any atom is 0.208 e. The highest BCUT2D eigenvalue weighted by Gasteiger charge is 2.13. The van der Waals surface area contributed by atoms with Crippen molar-refractivity contribution in [3.05, 3.63) is 41.9 Å². The number of nitrogens with zero attached hydrogens (tertiary/aromatic N) is 1. The summed E-state index contributed by atoms with van der Waals surface area (Å²) in [6, 6.07) is 3.96. The van der Waals surface area contributed by atoms with E-state index in [-0.39, 0.29) is 11.3 Å². The van der Waals surface area contributed by atoms with Gasteiger partial charge >= 0.3 is 0 Å². The Labute approximate surface area is 104 Å². The molecular weight excluding hydrogens is 238 g/mol. The van der Waals surface area contributed by atoms with Gasteiger partial charge in [-0.25, -0.2) is 13.8 Å². The summed E-state index contributed by atoms with van der Waals surface area (Å²) in [4.78, 5) is 4.02. The van der Waals surface area contributed by atoms with Crippen LogP contribution in [0.3, 0.4) is 0 Å². The largest absolute Gasteiger partial charge is 0.439 e. The molecule has 0 spiro atoms. The van der Waals surface area contributed by atoms with Crippen molar-refractivity contribution in [3.8, 4) is 11.3 Å². The Bertz CT molecular complexity index is 525. The SMILES string of the molecule is CCCNCc1ncc(-c2cccc(F)c2F)o1. The number of nitrogens with one attached hydrogen (secondary N) is 1. The molecule has 0 fully saturated rings. The Hall–Kier alpha value is -1.75. The fourth-order valence-corrected chi connectivity index (χ4v) is 1.58. The lowest BCUT2D eigenvalue weighted by Gasteiger charge is -2.00. The van der Waals surface area contributed by atoms with Crippen LogP contribution in [0.15, 0.2) is 28.8 Å². The number of oxazole rings is 1. The molecule has 3 nitrogen and oxygen atoms in total. The van der Waals surface area contributed by atoms with Crippen LogP contribution in [0.5, 0.6) is 0 Å². The first kappa shape index (κ1) is 12.7. The van der Waals surface area contributed by atoms with E-state index in [9.17, 15) is 8.78 Å². The lowest BCUT2D eigenvalue weighted by Crippen LogP contribution is -2.13. The minimum Gasteiger partial charge on any atom is -0.439 e. The van der Waals surface area contributed by atoms with Crippen LogP contribution in [0.2, 0.25) is 0 Å². The van der Waals surface area contributed by atoms with Crippen molar-refractivity contribution in [3.63, 3.8) is 0 Å². The van der Waals surface area contributed by atoms with Crippen molar-refractivity contribution in [1.82, 2.24) is 10.3 Å². The normalized spacial score (nSPS) is 10.8. The van der Waals surface area contributed by atoms with E-state index in [1.807, 2.05) is 0 Å². The first-order chi connectivity index (χ1) is 8.72. The average Bonchev–Trinajstić information content (AvgIpc) is 2.82. The molecule has 0 amide bonds. The van der Waals surface area contributed by atoms with E-state index < -0.39 is 11.6 Å². The van der Waals surface area contributed by atoms with Gasteiger partial charge in [0.05, 0.1) is 18.3 Å². The molecule has 0 saturated heterocycles. The van der Waals surface area contributed by atoms with Crippen molar-refractivity contribution in [2.24, 2.45) is 0 Å². The second kappa shape index (κ2) is 5.73. The zero-order valence-electron chi connectivity index (χ0n) is 10.0. The van der Waals surface area contributed by atoms with E-state index in [0.717, 1.165) is 19.0 Å². The summed E-state index contributed by atoms with van der Waals surface area (Å²) >= 11 is 0. The molecule has 0 radical (unpaired) electrons. The van der Waals surface area contributed by atoms with Crippen molar-refractivity contribution < 1.29 is 13.2 Å². The van der Waals surface area contributed by atoms with Gasteiger partial charge in [-0.1, -0.05) is 13.0 Å². The van der Waals surface area contributed by atoms with Crippen LogP contribution in [-0.2, 0) is 6.54 Å². The van der Waals surface area contributed by atoms with Gasteiger partial charge in [-0.15, -0.1) is 0 Å². The molecule has 0 bridgehead atoms. The van der Waals surface area contributed by atoms with Crippen LogP contribution in [0.25, 0.3) is 11.3 Å². The Balaban J connectivity index is 2.16. The number of benzene rings is 1. The number of rotatable bonds is 5. The lowest BCUT2D eigenvalue weighted by molar-refractivity contribution is 0.469. The summed E-state index contributed by atoms with van der Waals surface area (Å²) in [5, 5.41) is 3.12. The molecule has 0 aliphatic rings. The number of halogens is 2. The lowest BCUT2D eigenvalue weighted by atomic mass is 10.2. The fraction of sp³-hybridized carbons (Fsp3) is 0.308. The predicted octanol–water partition coefficient (Wildman–Crippen LogP) is 3.12. The maximum atomic E-state index is 13.5. The molecule has 1 aromatic heterocycles. The van der Waals surface area contributed by atoms with Gasteiger partial charge in [-0.05, 0) is 25.1 Å². The molecular formula is C13H14F2N2O. The minimum absolute atomic E-state index is 0.0873. The molecule has 96 valence electrons. The Morgan fingerprint density at radius 1 is 1.33 bits per heavy atom. The average molecular weight is 252 g/mol. The van der Waals surface area contributed by atoms with E-state index in [2.05, 4.69) is 17.2 Å². The highest BCUT2D eigenvalue weighted by atomic mass is 19.2. The maximum absolute atomic E-state index is 13.5. The molecule has 5 heteroatoms. The van der Waals surface area contributed by atoms with Gasteiger partial charge in [0.2, 0.25) is 5.89 Å². The molecule has 2 rings (SSSR count). The molecule has 0 atom stereocenters. The smallest absolute Gasteiger partial charge is 0.208 e. The van der Waals surface area contributed by atoms with E-state index in [0.29, 0.717) is 12.4 Å². The zero-order chi connectivity index (χ0) is 13.0. The zero-order valence-corrected chi connectivity index (χ0v) is 10.0. The third-order valence-electron chi connectivity index (χ3n) is 2.47. The fourth-order valence-electron chi connectivity index (χ4n) is 1.58. The van der Waals surface area contributed by atoms with E-state index in [4.69, 9.17) is 4.42 Å². The summed E-state index contributed by atoms with van der Waals surface area (Å²) in [6.07, 6.45) is 2.41. The number of hydrogen-bond donors (Lipinski definition) is 1. The Morgan fingerprint density at radius 2 is 2.17 bits per heavy atom. The molecule has 18 heavy (non-hydrogen) atoms. The van der Waals surface area contributed by atoms with Gasteiger partial charge in [0, 0.05) is 0 Å². The third kappa shape index (κ3) is 2.73. The van der Waals surface area contributed by atoms with Crippen molar-refractivity contribution >= 4 is 0 Å². The van der Waals surface area contributed by atoms with Gasteiger partial charge in [-0.2, -0.15) is 0 Å². The van der Waals surface area contributed by atoms with Crippen LogP contribution >= 0.6 is 0 Å². The Morgan fingerprint density at radius 3 is 2.94 bits per heavy atom. The van der Waals surface area contributed by atoms with E-state index in [1.165, 1.54) is 18.3 Å². The molecule has 0 unspecified atom stereocenters. The predicted molar refractivity (Wildman–Crippen MR) is 63.9 cm³/mol. The van der Waals surface area contributed by atoms with E-state index in [1.54, 1.807) is 0 Å². The third-order valence-corrected chi connectivity index (χ3v) is 2.47.